The molecule has 0 bridgehead atoms. The molecule has 1 aliphatic carbocycles. The van der Waals surface area contributed by atoms with Crippen LogP contribution in [0.3, 0.4) is 0 Å². The molecule has 14 heavy (non-hydrogen) atoms. The van der Waals surface area contributed by atoms with Crippen LogP contribution in [0.1, 0.15) is 12.8 Å². The van der Waals surface area contributed by atoms with E-state index in [1.807, 2.05) is 0 Å². The van der Waals surface area contributed by atoms with Crippen LogP contribution in [0.5, 0.6) is 0 Å². The average Bonchev–Trinajstić information content (AvgIpc) is 3.01. The van der Waals surface area contributed by atoms with Crippen LogP contribution in [0.15, 0.2) is 16.1 Å². The Kier molecular flexibility index (Phi) is 4.44. The van der Waals surface area contributed by atoms with Crippen LogP contribution in [-0.4, -0.2) is 26.0 Å². The largest absolute Gasteiger partial charge is 0.392 e. The zero-order chi connectivity index (χ0) is 10.6. The second-order valence-electron chi connectivity index (χ2n) is 3.31. The fraction of sp³-hybridized carbons (Fsp3) is 0.667. The highest BCUT2D eigenvalue weighted by atomic mass is 32.2. The summed E-state index contributed by atoms with van der Waals surface area (Å²) < 4.78 is 5.39. The van der Waals surface area contributed by atoms with Crippen LogP contribution in [0.4, 0.5) is 0 Å². The monoisotopic (exact) mass is 215 g/mol. The predicted molar refractivity (Wildman–Crippen MR) is 60.9 cm³/mol. The fourth-order valence-corrected chi connectivity index (χ4v) is 1.60. The maximum Gasteiger partial charge on any atom is 0.101 e. The SMILES string of the molecule is CN=C(/C=C(\N)SN)C(OC)C1CC1. The lowest BCUT2D eigenvalue weighted by Gasteiger charge is -2.14. The van der Waals surface area contributed by atoms with Gasteiger partial charge in [0.2, 0.25) is 0 Å². The highest BCUT2D eigenvalue weighted by Gasteiger charge is 2.33. The molecular formula is C9H17N3OS. The molecule has 0 amide bonds. The van der Waals surface area contributed by atoms with Crippen molar-refractivity contribution in [2.24, 2.45) is 21.8 Å². The van der Waals surface area contributed by atoms with Gasteiger partial charge in [-0.05, 0) is 36.8 Å². The molecule has 0 aromatic carbocycles. The highest BCUT2D eigenvalue weighted by Crippen LogP contribution is 2.35. The van der Waals surface area contributed by atoms with Crippen molar-refractivity contribution in [1.82, 2.24) is 0 Å². The van der Waals surface area contributed by atoms with Crippen LogP contribution in [0, 0.1) is 5.92 Å². The smallest absolute Gasteiger partial charge is 0.101 e. The third kappa shape index (κ3) is 3.01. The summed E-state index contributed by atoms with van der Waals surface area (Å²) in [6.45, 7) is 0. The van der Waals surface area contributed by atoms with Crippen molar-refractivity contribution in [3.63, 3.8) is 0 Å². The second kappa shape index (κ2) is 5.38. The molecule has 0 aromatic heterocycles. The summed E-state index contributed by atoms with van der Waals surface area (Å²) >= 11 is 1.03. The van der Waals surface area contributed by atoms with E-state index in [9.17, 15) is 0 Å². The minimum Gasteiger partial charge on any atom is -0.392 e. The van der Waals surface area contributed by atoms with E-state index in [4.69, 9.17) is 15.6 Å². The van der Waals surface area contributed by atoms with Gasteiger partial charge in [-0.3, -0.25) is 10.1 Å². The molecule has 80 valence electrons. The number of hydrogen-bond donors (Lipinski definition) is 2. The van der Waals surface area contributed by atoms with Crippen LogP contribution < -0.4 is 10.9 Å². The highest BCUT2D eigenvalue weighted by molar-refractivity contribution is 8.00. The summed E-state index contributed by atoms with van der Waals surface area (Å²) in [5.74, 6) is 0.602. The molecule has 1 aliphatic rings. The van der Waals surface area contributed by atoms with E-state index in [1.165, 1.54) is 12.8 Å². The van der Waals surface area contributed by atoms with Gasteiger partial charge in [0.25, 0.3) is 0 Å². The van der Waals surface area contributed by atoms with Crippen molar-refractivity contribution >= 4 is 17.7 Å². The van der Waals surface area contributed by atoms with Gasteiger partial charge in [-0.25, -0.2) is 0 Å². The molecule has 4 N–H and O–H groups in total. The van der Waals surface area contributed by atoms with E-state index in [2.05, 4.69) is 4.99 Å². The first kappa shape index (κ1) is 11.6. The Morgan fingerprint density at radius 2 is 2.29 bits per heavy atom. The molecule has 4 nitrogen and oxygen atoms in total. The Bertz CT molecular complexity index is 248. The Morgan fingerprint density at radius 3 is 2.64 bits per heavy atom. The summed E-state index contributed by atoms with van der Waals surface area (Å²) in [6.07, 6.45) is 4.28. The predicted octanol–water partition coefficient (Wildman–Crippen LogP) is 0.889. The van der Waals surface area contributed by atoms with Gasteiger partial charge >= 0.3 is 0 Å². The molecule has 0 aromatic rings. The van der Waals surface area contributed by atoms with Crippen LogP contribution in [0.25, 0.3) is 0 Å². The lowest BCUT2D eigenvalue weighted by Crippen LogP contribution is -2.24. The van der Waals surface area contributed by atoms with Crippen LogP contribution >= 0.6 is 11.9 Å². The van der Waals surface area contributed by atoms with Crippen molar-refractivity contribution in [2.45, 2.75) is 18.9 Å². The maximum atomic E-state index is 5.63. The number of ether oxygens (including phenoxy) is 1. The first-order valence-electron chi connectivity index (χ1n) is 4.56. The minimum absolute atomic E-state index is 0.0747. The lowest BCUT2D eigenvalue weighted by molar-refractivity contribution is 0.139. The number of nitrogens with two attached hydrogens (primary N) is 2. The van der Waals surface area contributed by atoms with Gasteiger partial charge in [0.05, 0.1) is 10.7 Å². The summed E-state index contributed by atoms with van der Waals surface area (Å²) in [5, 5.41) is 5.90. The molecule has 0 radical (unpaired) electrons. The summed E-state index contributed by atoms with van der Waals surface area (Å²) in [4.78, 5) is 4.17. The third-order valence-electron chi connectivity index (χ3n) is 2.28. The number of methoxy groups -OCH3 is 1. The molecule has 1 saturated carbocycles. The quantitative estimate of drug-likeness (QED) is 0.527. The molecule has 0 spiro atoms. The van der Waals surface area contributed by atoms with Gasteiger partial charge in [0, 0.05) is 14.2 Å². The molecule has 1 atom stereocenters. The van der Waals surface area contributed by atoms with Crippen molar-refractivity contribution < 1.29 is 4.74 Å². The van der Waals surface area contributed by atoms with Gasteiger partial charge in [-0.15, -0.1) is 0 Å². The normalized spacial score (nSPS) is 21.1. The van der Waals surface area contributed by atoms with Gasteiger partial charge in [0.15, 0.2) is 0 Å². The van der Waals surface area contributed by atoms with Crippen LogP contribution in [0.2, 0.25) is 0 Å². The van der Waals surface area contributed by atoms with E-state index in [-0.39, 0.29) is 6.10 Å². The molecule has 5 heteroatoms. The fourth-order valence-electron chi connectivity index (χ4n) is 1.41. The van der Waals surface area contributed by atoms with Crippen molar-refractivity contribution in [3.8, 4) is 0 Å². The molecule has 0 aliphatic heterocycles. The van der Waals surface area contributed by atoms with E-state index in [0.717, 1.165) is 17.7 Å². The first-order valence-corrected chi connectivity index (χ1v) is 5.44. The minimum atomic E-state index is 0.0747. The Balaban J connectivity index is 2.69. The van der Waals surface area contributed by atoms with E-state index in [1.54, 1.807) is 20.2 Å². The molecule has 1 unspecified atom stereocenters. The van der Waals surface area contributed by atoms with Gasteiger partial charge in [0.1, 0.15) is 6.10 Å². The second-order valence-corrected chi connectivity index (χ2v) is 4.01. The Hall–Kier alpha value is -0.520. The van der Waals surface area contributed by atoms with E-state index >= 15 is 0 Å². The number of hydrogen-bond acceptors (Lipinski definition) is 5. The topological polar surface area (TPSA) is 73.6 Å². The third-order valence-corrected chi connectivity index (χ3v) is 2.67. The van der Waals surface area contributed by atoms with E-state index < -0.39 is 0 Å². The first-order chi connectivity index (χ1) is 6.72. The van der Waals surface area contributed by atoms with Gasteiger partial charge in [-0.1, -0.05) is 0 Å². The maximum absolute atomic E-state index is 5.63. The van der Waals surface area contributed by atoms with E-state index in [0.29, 0.717) is 10.9 Å². The van der Waals surface area contributed by atoms with Crippen molar-refractivity contribution in [3.05, 3.63) is 11.1 Å². The zero-order valence-corrected chi connectivity index (χ0v) is 9.38. The average molecular weight is 215 g/mol. The van der Waals surface area contributed by atoms with Crippen molar-refractivity contribution in [2.75, 3.05) is 14.2 Å². The molecule has 1 rings (SSSR count). The molecular weight excluding hydrogens is 198 g/mol. The molecule has 0 heterocycles. The van der Waals surface area contributed by atoms with Crippen molar-refractivity contribution in [1.29, 1.82) is 0 Å². The Labute approximate surface area is 88.9 Å². The Morgan fingerprint density at radius 1 is 1.64 bits per heavy atom. The summed E-state index contributed by atoms with van der Waals surface area (Å²) in [5.41, 5.74) is 6.51. The van der Waals surface area contributed by atoms with Crippen LogP contribution in [-0.2, 0) is 4.74 Å². The number of nitrogens with zero attached hydrogens (tertiary/aromatic N) is 1. The molecule has 0 saturated heterocycles. The number of aliphatic imine (C=N–C) groups is 1. The lowest BCUT2D eigenvalue weighted by atomic mass is 10.1. The molecule has 1 fully saturated rings. The zero-order valence-electron chi connectivity index (χ0n) is 8.56. The number of rotatable bonds is 5. The summed E-state index contributed by atoms with van der Waals surface area (Å²) in [7, 11) is 3.45. The summed E-state index contributed by atoms with van der Waals surface area (Å²) in [6, 6.07) is 0. The van der Waals surface area contributed by atoms with Gasteiger partial charge < -0.3 is 10.5 Å². The standard InChI is InChI=1S/C9H17N3OS/c1-12-7(5-8(10)14-11)9(13-2)6-3-4-6/h5-6,9H,3-4,10-11H2,1-2H3/b8-5+,12-7?. The van der Waals surface area contributed by atoms with Gasteiger partial charge in [-0.2, -0.15) is 0 Å².